The van der Waals surface area contributed by atoms with E-state index in [0.29, 0.717) is 58.9 Å². The van der Waals surface area contributed by atoms with Gasteiger partial charge in [-0.1, -0.05) is 33.5 Å². The van der Waals surface area contributed by atoms with Crippen LogP contribution in [0, 0.1) is 0 Å². The number of anilines is 1. The summed E-state index contributed by atoms with van der Waals surface area (Å²) in [4.78, 5) is 37.4. The van der Waals surface area contributed by atoms with E-state index < -0.39 is 11.9 Å². The molecule has 0 fully saturated rings. The molecule has 2 N–H and O–H groups in total. The minimum atomic E-state index is -0.556. The second-order valence-corrected chi connectivity index (χ2v) is 9.28. The van der Waals surface area contributed by atoms with Gasteiger partial charge in [-0.15, -0.1) is 0 Å². The first-order valence-corrected chi connectivity index (χ1v) is 13.1. The van der Waals surface area contributed by atoms with Gasteiger partial charge in [0.2, 0.25) is 0 Å². The number of esters is 2. The highest BCUT2D eigenvalue weighted by Gasteiger charge is 2.30. The summed E-state index contributed by atoms with van der Waals surface area (Å²) < 4.78 is 20.1. The Kier molecular flexibility index (Phi) is 9.44. The molecule has 0 radical (unpaired) electrons. The number of rotatable bonds is 5. The van der Waals surface area contributed by atoms with E-state index >= 15 is 0 Å². The van der Waals surface area contributed by atoms with Crippen LogP contribution in [0.25, 0.3) is 0 Å². The number of fused-ring (bicyclic) bond motifs is 2. The quantitative estimate of drug-likeness (QED) is 0.420. The van der Waals surface area contributed by atoms with Crippen LogP contribution in [-0.2, 0) is 35.4 Å². The predicted molar refractivity (Wildman–Crippen MR) is 140 cm³/mol. The van der Waals surface area contributed by atoms with Gasteiger partial charge in [0.1, 0.15) is 11.5 Å². The lowest BCUT2D eigenvalue weighted by Gasteiger charge is -2.26. The molecule has 0 atom stereocenters. The van der Waals surface area contributed by atoms with Gasteiger partial charge < -0.3 is 34.1 Å². The number of hydrogen-bond donors (Lipinski definition) is 2. The van der Waals surface area contributed by atoms with E-state index in [4.69, 9.17) is 41.7 Å². The zero-order chi connectivity index (χ0) is 27.9. The Morgan fingerprint density at radius 3 is 2.26 bits per heavy atom. The van der Waals surface area contributed by atoms with Gasteiger partial charge in [-0.25, -0.2) is 14.4 Å². The van der Waals surface area contributed by atoms with E-state index in [1.165, 1.54) is 0 Å². The monoisotopic (exact) mass is 579 g/mol. The number of aromatic nitrogens is 2. The van der Waals surface area contributed by atoms with Gasteiger partial charge >= 0.3 is 18.0 Å². The molecule has 3 aromatic rings. The van der Waals surface area contributed by atoms with Gasteiger partial charge in [0.25, 0.3) is 0 Å². The smallest absolute Gasteiger partial charge is 0.360 e. The molecule has 2 aliphatic rings. The number of hydrogen-bond acceptors (Lipinski definition) is 10. The molecule has 0 saturated carbocycles. The van der Waals surface area contributed by atoms with Crippen molar-refractivity contribution in [1.29, 1.82) is 0 Å². The average Bonchev–Trinajstić information content (AvgIpc) is 3.56. The summed E-state index contributed by atoms with van der Waals surface area (Å²) in [7, 11) is 0. The first-order valence-electron chi connectivity index (χ1n) is 12.3. The molecule has 14 heteroatoms. The lowest BCUT2D eigenvalue weighted by molar-refractivity contribution is 0.0503. The number of carbonyl (C=O) groups excluding carboxylic acids is 3. The highest BCUT2D eigenvalue weighted by Crippen LogP contribution is 2.27. The van der Waals surface area contributed by atoms with Crippen LogP contribution in [0.15, 0.2) is 27.2 Å². The molecule has 208 valence electrons. The zero-order valence-electron chi connectivity index (χ0n) is 21.3. The third-order valence-corrected chi connectivity index (χ3v) is 6.66. The molecule has 12 nitrogen and oxygen atoms in total. The van der Waals surface area contributed by atoms with E-state index in [2.05, 4.69) is 20.9 Å². The number of halogens is 2. The third-order valence-electron chi connectivity index (χ3n) is 5.92. The molecule has 0 bridgehead atoms. The summed E-state index contributed by atoms with van der Waals surface area (Å²) in [5, 5.41) is 14.2. The van der Waals surface area contributed by atoms with E-state index in [9.17, 15) is 14.4 Å². The molecule has 2 aliphatic heterocycles. The highest BCUT2D eigenvalue weighted by atomic mass is 35.5. The van der Waals surface area contributed by atoms with Crippen molar-refractivity contribution in [2.75, 3.05) is 31.6 Å². The summed E-state index contributed by atoms with van der Waals surface area (Å²) in [5.74, 6) is 0.439. The summed E-state index contributed by atoms with van der Waals surface area (Å²) in [6, 6.07) is 4.51. The fourth-order valence-electron chi connectivity index (χ4n) is 4.02. The van der Waals surface area contributed by atoms with Gasteiger partial charge in [0.15, 0.2) is 11.4 Å². The van der Waals surface area contributed by atoms with Crippen LogP contribution in [0.5, 0.6) is 0 Å². The van der Waals surface area contributed by atoms with Crippen molar-refractivity contribution in [3.63, 3.8) is 0 Å². The average molecular weight is 580 g/mol. The van der Waals surface area contributed by atoms with Crippen LogP contribution in [0.1, 0.15) is 57.5 Å². The van der Waals surface area contributed by atoms with Crippen LogP contribution in [0.4, 0.5) is 10.5 Å². The molecule has 0 saturated heterocycles. The Balaban J connectivity index is 0.000000212. The fraction of sp³-hybridized carbons (Fsp3) is 0.400. The lowest BCUT2D eigenvalue weighted by atomic mass is 10.1. The van der Waals surface area contributed by atoms with Crippen LogP contribution < -0.4 is 10.6 Å². The van der Waals surface area contributed by atoms with Crippen molar-refractivity contribution in [3.05, 3.63) is 62.3 Å². The van der Waals surface area contributed by atoms with E-state index in [1.54, 1.807) is 36.9 Å². The van der Waals surface area contributed by atoms with Crippen molar-refractivity contribution < 1.29 is 32.9 Å². The number of carbonyl (C=O) groups is 3. The molecular formula is C25H27Cl2N5O7. The first-order chi connectivity index (χ1) is 18.8. The molecule has 5 rings (SSSR count). The largest absolute Gasteiger partial charge is 0.461 e. The lowest BCUT2D eigenvalue weighted by Crippen LogP contribution is -2.39. The third kappa shape index (κ3) is 6.70. The highest BCUT2D eigenvalue weighted by molar-refractivity contribution is 6.42. The SMILES string of the molecule is CCOC(=O)c1noc2c1CN(C(=O)Nc1ccc(Cl)c(Cl)c1)CC2.CCOC(=O)c1noc2c1CNCC2. The number of ether oxygens (including phenoxy) is 2. The summed E-state index contributed by atoms with van der Waals surface area (Å²) in [5.41, 5.74) is 2.38. The van der Waals surface area contributed by atoms with Crippen LogP contribution in [0.3, 0.4) is 0 Å². The predicted octanol–water partition coefficient (Wildman–Crippen LogP) is 4.25. The number of nitrogens with one attached hydrogen (secondary N) is 2. The van der Waals surface area contributed by atoms with Crippen molar-refractivity contribution in [3.8, 4) is 0 Å². The van der Waals surface area contributed by atoms with Gasteiger partial charge in [0, 0.05) is 49.3 Å². The van der Waals surface area contributed by atoms with Gasteiger partial charge in [-0.2, -0.15) is 0 Å². The summed E-state index contributed by atoms with van der Waals surface area (Å²) in [6.07, 6.45) is 1.25. The molecule has 4 heterocycles. The molecule has 2 amide bonds. The van der Waals surface area contributed by atoms with Crippen molar-refractivity contribution in [2.45, 2.75) is 39.8 Å². The minimum absolute atomic E-state index is 0.115. The maximum Gasteiger partial charge on any atom is 0.360 e. The Morgan fingerprint density at radius 1 is 0.974 bits per heavy atom. The molecule has 39 heavy (non-hydrogen) atoms. The Morgan fingerprint density at radius 2 is 1.62 bits per heavy atom. The zero-order valence-corrected chi connectivity index (χ0v) is 22.9. The number of urea groups is 1. The normalized spacial score (nSPS) is 13.9. The minimum Gasteiger partial charge on any atom is -0.461 e. The number of amides is 2. The number of nitrogens with zero attached hydrogens (tertiary/aromatic N) is 3. The van der Waals surface area contributed by atoms with Gasteiger partial charge in [0.05, 0.1) is 29.8 Å². The summed E-state index contributed by atoms with van der Waals surface area (Å²) >= 11 is 11.8. The molecule has 0 unspecified atom stereocenters. The van der Waals surface area contributed by atoms with E-state index in [-0.39, 0.29) is 24.9 Å². The van der Waals surface area contributed by atoms with E-state index in [1.807, 2.05) is 0 Å². The Hall–Kier alpha value is -3.61. The number of benzene rings is 1. The first kappa shape index (κ1) is 28.4. The van der Waals surface area contributed by atoms with Crippen molar-refractivity contribution in [2.24, 2.45) is 0 Å². The molecular weight excluding hydrogens is 553 g/mol. The molecule has 1 aromatic carbocycles. The van der Waals surface area contributed by atoms with Gasteiger partial charge in [-0.3, -0.25) is 0 Å². The van der Waals surface area contributed by atoms with Crippen molar-refractivity contribution in [1.82, 2.24) is 20.5 Å². The van der Waals surface area contributed by atoms with Gasteiger partial charge in [-0.05, 0) is 32.0 Å². The topological polar surface area (TPSA) is 149 Å². The second kappa shape index (κ2) is 13.0. The molecule has 0 aliphatic carbocycles. The molecule has 2 aromatic heterocycles. The Labute approximate surface area is 233 Å². The maximum absolute atomic E-state index is 12.5. The maximum atomic E-state index is 12.5. The fourth-order valence-corrected chi connectivity index (χ4v) is 4.31. The standard InChI is InChI=1S/C16H15Cl2N3O4.C9H12N2O3/c1-2-24-15(22)14-10-8-21(6-5-13(10)25-20-14)16(23)19-9-3-4-11(17)12(18)7-9;1-2-13-9(12)8-6-5-10-4-3-7(6)14-11-8/h3-4,7H,2,5-6,8H2,1H3,(H,19,23);10H,2-5H2,1H3. The molecule has 0 spiro atoms. The van der Waals surface area contributed by atoms with Crippen LogP contribution in [-0.4, -0.2) is 59.5 Å². The van der Waals surface area contributed by atoms with Crippen LogP contribution >= 0.6 is 23.2 Å². The van der Waals surface area contributed by atoms with Crippen LogP contribution in [0.2, 0.25) is 10.0 Å². The Bertz CT molecular complexity index is 1360. The summed E-state index contributed by atoms with van der Waals surface area (Å²) in [6.45, 7) is 6.22. The second-order valence-electron chi connectivity index (χ2n) is 8.46. The van der Waals surface area contributed by atoms with E-state index in [0.717, 1.165) is 24.3 Å². The van der Waals surface area contributed by atoms with Crippen molar-refractivity contribution >= 4 is 46.9 Å².